The van der Waals surface area contributed by atoms with Crippen molar-refractivity contribution in [2.45, 2.75) is 11.7 Å². The van der Waals surface area contributed by atoms with Crippen LogP contribution in [-0.4, -0.2) is 17.2 Å². The first-order chi connectivity index (χ1) is 4.04. The molecule has 0 amide bonds. The molecule has 0 bridgehead atoms. The Morgan fingerprint density at radius 3 is 1.67 bits per heavy atom. The average Bonchev–Trinajstić information content (AvgIpc) is 1.63. The molecule has 0 saturated carbocycles. The second-order valence-corrected chi connectivity index (χ2v) is 1.95. The predicted octanol–water partition coefficient (Wildman–Crippen LogP) is -9.20. The molecule has 4 nitrogen and oxygen atoms in total. The van der Waals surface area contributed by atoms with Gasteiger partial charge in [0, 0.05) is 11.9 Å². The maximum atomic E-state index is 9.73. The van der Waals surface area contributed by atoms with E-state index >= 15 is 0 Å². The first-order valence-corrected chi connectivity index (χ1v) is 2.57. The molecule has 0 aliphatic carbocycles. The number of aliphatic carboxylic acids is 2. The summed E-state index contributed by atoms with van der Waals surface area (Å²) < 4.78 is 0. The molecule has 0 spiro atoms. The normalized spacial score (nSPS) is 9.42. The van der Waals surface area contributed by atoms with Crippen LogP contribution in [0.15, 0.2) is 0 Å². The molecule has 0 N–H and O–H groups in total. The average molecular weight is 390 g/mol. The minimum absolute atomic E-state index is 0. The van der Waals surface area contributed by atoms with Gasteiger partial charge in [0.2, 0.25) is 0 Å². The van der Waals surface area contributed by atoms with Gasteiger partial charge in [0.15, 0.2) is 0 Å². The predicted molar refractivity (Wildman–Crippen MR) is 25.8 cm³/mol. The molecule has 0 unspecified atom stereocenters. The van der Waals surface area contributed by atoms with E-state index in [1.165, 1.54) is 0 Å². The topological polar surface area (TPSA) is 80.3 Å². The van der Waals surface area contributed by atoms with Crippen LogP contribution in [0, 0.1) is 0 Å². The SMILES string of the molecule is O=C([O-])C[C@H]([S-])C(=O)[O-].[Au+].[Na+].[Na+]. The van der Waals surface area contributed by atoms with Gasteiger partial charge in [-0.05, 0) is 6.42 Å². The Kier molecular flexibility index (Phi) is 25.7. The van der Waals surface area contributed by atoms with Gasteiger partial charge in [0.05, 0.1) is 0 Å². The van der Waals surface area contributed by atoms with Crippen molar-refractivity contribution in [2.24, 2.45) is 0 Å². The molecule has 0 fully saturated rings. The zero-order valence-corrected chi connectivity index (χ0v) is 13.6. The monoisotopic (exact) mass is 390 g/mol. The molecule has 0 aliphatic heterocycles. The van der Waals surface area contributed by atoms with E-state index < -0.39 is 23.6 Å². The Morgan fingerprint density at radius 1 is 1.25 bits per heavy atom. The summed E-state index contributed by atoms with van der Waals surface area (Å²) in [7, 11) is 0. The summed E-state index contributed by atoms with van der Waals surface area (Å²) in [5, 5.41) is 18.0. The minimum Gasteiger partial charge on any atom is -0.783 e. The Hall–Kier alpha value is 2.03. The van der Waals surface area contributed by atoms with E-state index in [0.717, 1.165) is 0 Å². The summed E-state index contributed by atoms with van der Waals surface area (Å²) in [5.74, 6) is -3.02. The third-order valence-electron chi connectivity index (χ3n) is 0.615. The summed E-state index contributed by atoms with van der Waals surface area (Å²) in [6.45, 7) is 0. The van der Waals surface area contributed by atoms with Crippen LogP contribution >= 0.6 is 0 Å². The quantitative estimate of drug-likeness (QED) is 0.354. The molecule has 62 valence electrons. The van der Waals surface area contributed by atoms with Gasteiger partial charge in [-0.3, -0.25) is 0 Å². The standard InChI is InChI=1S/C4H6O4S.Au.2Na/c5-3(6)1-2(9)4(7)8;;;/h2,9H,1H2,(H,5,6)(H,7,8);;;/q;3*+1/p-3/t2-;;;/m0.../s1. The number of carbonyl (C=O) groups is 2. The summed E-state index contributed by atoms with van der Waals surface area (Å²) >= 11 is 4.15. The number of rotatable bonds is 3. The number of hydrogen-bond donors (Lipinski definition) is 0. The van der Waals surface area contributed by atoms with Gasteiger partial charge in [-0.2, -0.15) is 0 Å². The van der Waals surface area contributed by atoms with Crippen LogP contribution in [-0.2, 0) is 44.6 Å². The first kappa shape index (κ1) is 23.7. The van der Waals surface area contributed by atoms with E-state index in [2.05, 4.69) is 12.6 Å². The molecule has 0 aromatic heterocycles. The molecule has 0 saturated heterocycles. The number of hydrogen-bond acceptors (Lipinski definition) is 5. The van der Waals surface area contributed by atoms with Crippen LogP contribution in [0.5, 0.6) is 0 Å². The van der Waals surface area contributed by atoms with Crippen LogP contribution in [0.3, 0.4) is 0 Å². The third kappa shape index (κ3) is 14.5. The third-order valence-corrected chi connectivity index (χ3v) is 0.974. The Morgan fingerprint density at radius 2 is 1.58 bits per heavy atom. The van der Waals surface area contributed by atoms with Crippen molar-refractivity contribution in [1.82, 2.24) is 0 Å². The summed E-state index contributed by atoms with van der Waals surface area (Å²) in [5.41, 5.74) is 0. The zero-order valence-electron chi connectivity index (χ0n) is 6.63. The summed E-state index contributed by atoms with van der Waals surface area (Å²) in [6.07, 6.45) is -0.669. The molecule has 0 aromatic carbocycles. The van der Waals surface area contributed by atoms with E-state index in [0.29, 0.717) is 0 Å². The largest absolute Gasteiger partial charge is 1.00 e. The van der Waals surface area contributed by atoms with Gasteiger partial charge in [-0.1, -0.05) is 0 Å². The van der Waals surface area contributed by atoms with Gasteiger partial charge in [0.1, 0.15) is 0 Å². The Labute approximate surface area is 135 Å². The fraction of sp³-hybridized carbons (Fsp3) is 0.500. The number of carboxylic acids is 2. The fourth-order valence-corrected chi connectivity index (χ4v) is 0.371. The van der Waals surface area contributed by atoms with Crippen LogP contribution < -0.4 is 69.3 Å². The molecule has 0 heterocycles. The van der Waals surface area contributed by atoms with E-state index in [9.17, 15) is 19.8 Å². The fourth-order valence-electron chi connectivity index (χ4n) is 0.235. The molecular formula is C4H3AuNa2O4S. The minimum atomic E-state index is -1.55. The summed E-state index contributed by atoms with van der Waals surface area (Å²) in [4.78, 5) is 19.4. The van der Waals surface area contributed by atoms with Gasteiger partial charge in [-0.25, -0.2) is 0 Å². The maximum Gasteiger partial charge on any atom is 1.00 e. The molecule has 12 heavy (non-hydrogen) atoms. The van der Waals surface area contributed by atoms with Crippen molar-refractivity contribution in [3.8, 4) is 0 Å². The molecule has 0 aromatic rings. The van der Waals surface area contributed by atoms with Crippen molar-refractivity contribution in [2.75, 3.05) is 0 Å². The zero-order chi connectivity index (χ0) is 7.44. The molecule has 0 radical (unpaired) electrons. The number of carbonyl (C=O) groups excluding carboxylic acids is 2. The smallest absolute Gasteiger partial charge is 0.783 e. The first-order valence-electron chi connectivity index (χ1n) is 2.10. The van der Waals surface area contributed by atoms with Crippen LogP contribution in [0.1, 0.15) is 6.42 Å². The van der Waals surface area contributed by atoms with Crippen LogP contribution in [0.25, 0.3) is 0 Å². The van der Waals surface area contributed by atoms with Gasteiger partial charge in [-0.15, -0.1) is 5.25 Å². The van der Waals surface area contributed by atoms with Crippen LogP contribution in [0.2, 0.25) is 0 Å². The molecule has 8 heteroatoms. The van der Waals surface area contributed by atoms with Gasteiger partial charge < -0.3 is 32.4 Å². The van der Waals surface area contributed by atoms with Gasteiger partial charge in [0.25, 0.3) is 0 Å². The molecule has 1 atom stereocenters. The molecule has 0 rings (SSSR count). The van der Waals surface area contributed by atoms with Gasteiger partial charge >= 0.3 is 81.5 Å². The van der Waals surface area contributed by atoms with E-state index in [1.54, 1.807) is 0 Å². The summed E-state index contributed by atoms with van der Waals surface area (Å²) in [6, 6.07) is 0. The second-order valence-electron chi connectivity index (χ2n) is 1.38. The van der Waals surface area contributed by atoms with E-state index in [4.69, 9.17) is 0 Å². The van der Waals surface area contributed by atoms with Crippen molar-refractivity contribution in [3.63, 3.8) is 0 Å². The Bertz CT molecular complexity index is 145. The molecule has 0 aliphatic rings. The molecular weight excluding hydrogens is 387 g/mol. The van der Waals surface area contributed by atoms with Crippen molar-refractivity contribution >= 4 is 24.6 Å². The second kappa shape index (κ2) is 13.0. The van der Waals surface area contributed by atoms with Crippen LogP contribution in [0.4, 0.5) is 0 Å². The maximum absolute atomic E-state index is 9.73. The van der Waals surface area contributed by atoms with Crippen molar-refractivity contribution in [1.29, 1.82) is 0 Å². The number of carboxylic acid groups (broad SMARTS) is 2. The van der Waals surface area contributed by atoms with E-state index in [1.807, 2.05) is 0 Å². The van der Waals surface area contributed by atoms with E-state index in [-0.39, 0.29) is 81.5 Å². The van der Waals surface area contributed by atoms with Crippen molar-refractivity contribution in [3.05, 3.63) is 0 Å². The Balaban J connectivity index is -0.000000107. The van der Waals surface area contributed by atoms with Crippen molar-refractivity contribution < 1.29 is 101 Å².